The maximum Gasteiger partial charge on any atom is 0.260 e. The van der Waals surface area contributed by atoms with Crippen LogP contribution in [-0.2, 0) is 4.79 Å². The highest BCUT2D eigenvalue weighted by Crippen LogP contribution is 2.30. The Morgan fingerprint density at radius 1 is 1.64 bits per heavy atom. The summed E-state index contributed by atoms with van der Waals surface area (Å²) in [6.07, 6.45) is -0.225. The van der Waals surface area contributed by atoms with Crippen molar-refractivity contribution in [1.29, 1.82) is 0 Å². The number of piperidine rings is 1. The van der Waals surface area contributed by atoms with E-state index in [1.54, 1.807) is 0 Å². The van der Waals surface area contributed by atoms with Crippen molar-refractivity contribution < 1.29 is 13.6 Å². The van der Waals surface area contributed by atoms with Crippen LogP contribution in [-0.4, -0.2) is 24.8 Å². The van der Waals surface area contributed by atoms with Gasteiger partial charge in [0.25, 0.3) is 5.92 Å². The predicted octanol–water partition coefficient (Wildman–Crippen LogP) is 0.820. The summed E-state index contributed by atoms with van der Waals surface area (Å²) in [6, 6.07) is 0. The van der Waals surface area contributed by atoms with Gasteiger partial charge in [0, 0.05) is 19.5 Å². The largest absolute Gasteiger partial charge is 0.316 e. The van der Waals surface area contributed by atoms with Gasteiger partial charge in [-0.2, -0.15) is 0 Å². The first-order valence-electron chi connectivity index (χ1n) is 3.63. The number of ketones is 1. The molecule has 0 amide bonds. The molecule has 1 atom stereocenters. The fourth-order valence-electron chi connectivity index (χ4n) is 1.27. The van der Waals surface area contributed by atoms with Crippen LogP contribution in [0, 0.1) is 5.92 Å². The lowest BCUT2D eigenvalue weighted by atomic mass is 9.92. The molecule has 0 spiro atoms. The van der Waals surface area contributed by atoms with E-state index in [-0.39, 0.29) is 13.0 Å². The molecular weight excluding hydrogens is 152 g/mol. The Bertz CT molecular complexity index is 170. The highest BCUT2D eigenvalue weighted by atomic mass is 19.3. The Balaban J connectivity index is 2.67. The summed E-state index contributed by atoms with van der Waals surface area (Å²) in [5.41, 5.74) is 0. The number of halogens is 2. The SMILES string of the molecule is CC(=O)C1CNCCC1(F)F. The molecule has 1 heterocycles. The second-order valence-electron chi connectivity index (χ2n) is 2.88. The van der Waals surface area contributed by atoms with E-state index >= 15 is 0 Å². The molecule has 1 aliphatic heterocycles. The number of Topliss-reactive ketones (excluding diaryl/α,β-unsaturated/α-hetero) is 1. The summed E-state index contributed by atoms with van der Waals surface area (Å²) < 4.78 is 25.7. The van der Waals surface area contributed by atoms with E-state index in [2.05, 4.69) is 5.32 Å². The van der Waals surface area contributed by atoms with Crippen molar-refractivity contribution >= 4 is 5.78 Å². The van der Waals surface area contributed by atoms with E-state index in [1.165, 1.54) is 6.92 Å². The van der Waals surface area contributed by atoms with Crippen LogP contribution in [0.2, 0.25) is 0 Å². The molecule has 64 valence electrons. The van der Waals surface area contributed by atoms with Crippen LogP contribution >= 0.6 is 0 Å². The number of nitrogens with one attached hydrogen (secondary N) is 1. The number of rotatable bonds is 1. The first kappa shape index (κ1) is 8.59. The number of alkyl halides is 2. The van der Waals surface area contributed by atoms with Crippen molar-refractivity contribution in [2.24, 2.45) is 5.92 Å². The second-order valence-corrected chi connectivity index (χ2v) is 2.88. The van der Waals surface area contributed by atoms with Crippen molar-refractivity contribution in [3.8, 4) is 0 Å². The smallest absolute Gasteiger partial charge is 0.260 e. The minimum Gasteiger partial charge on any atom is -0.316 e. The molecule has 0 saturated carbocycles. The zero-order chi connectivity index (χ0) is 8.48. The van der Waals surface area contributed by atoms with E-state index in [1.807, 2.05) is 0 Å². The van der Waals surface area contributed by atoms with Crippen LogP contribution in [0.4, 0.5) is 8.78 Å². The van der Waals surface area contributed by atoms with Gasteiger partial charge < -0.3 is 5.32 Å². The number of carbonyl (C=O) groups is 1. The van der Waals surface area contributed by atoms with Gasteiger partial charge in [-0.1, -0.05) is 0 Å². The molecule has 0 bridgehead atoms. The van der Waals surface area contributed by atoms with Gasteiger partial charge in [0.2, 0.25) is 0 Å². The number of carbonyl (C=O) groups excluding carboxylic acids is 1. The van der Waals surface area contributed by atoms with E-state index in [0.29, 0.717) is 6.54 Å². The Kier molecular flexibility index (Phi) is 2.23. The van der Waals surface area contributed by atoms with E-state index < -0.39 is 17.6 Å². The molecule has 11 heavy (non-hydrogen) atoms. The second kappa shape index (κ2) is 2.85. The molecular formula is C7H11F2NO. The molecule has 1 rings (SSSR count). The van der Waals surface area contributed by atoms with Crippen LogP contribution < -0.4 is 5.32 Å². The lowest BCUT2D eigenvalue weighted by Crippen LogP contribution is -2.47. The average molecular weight is 163 g/mol. The molecule has 1 N–H and O–H groups in total. The van der Waals surface area contributed by atoms with Gasteiger partial charge in [-0.25, -0.2) is 8.78 Å². The van der Waals surface area contributed by atoms with Crippen molar-refractivity contribution in [2.75, 3.05) is 13.1 Å². The summed E-state index contributed by atoms with van der Waals surface area (Å²) in [6.45, 7) is 1.63. The summed E-state index contributed by atoms with van der Waals surface area (Å²) >= 11 is 0. The van der Waals surface area contributed by atoms with Crippen LogP contribution in [0.5, 0.6) is 0 Å². The molecule has 1 unspecified atom stereocenters. The number of hydrogen-bond donors (Lipinski definition) is 1. The van der Waals surface area contributed by atoms with Crippen molar-refractivity contribution in [2.45, 2.75) is 19.3 Å². The van der Waals surface area contributed by atoms with Crippen molar-refractivity contribution in [3.05, 3.63) is 0 Å². The van der Waals surface area contributed by atoms with Gasteiger partial charge in [0.05, 0.1) is 5.92 Å². The van der Waals surface area contributed by atoms with E-state index in [0.717, 1.165) is 0 Å². The summed E-state index contributed by atoms with van der Waals surface area (Å²) in [5.74, 6) is -4.34. The standard InChI is InChI=1S/C7H11F2NO/c1-5(11)6-4-10-3-2-7(6,8)9/h6,10H,2-4H2,1H3. The third-order valence-electron chi connectivity index (χ3n) is 1.98. The average Bonchev–Trinajstić information content (AvgIpc) is 1.85. The van der Waals surface area contributed by atoms with Crippen molar-refractivity contribution in [3.63, 3.8) is 0 Å². The van der Waals surface area contributed by atoms with Gasteiger partial charge in [0.15, 0.2) is 0 Å². The number of hydrogen-bond acceptors (Lipinski definition) is 2. The highest BCUT2D eigenvalue weighted by molar-refractivity contribution is 5.79. The molecule has 4 heteroatoms. The normalized spacial score (nSPS) is 29.9. The molecule has 0 radical (unpaired) electrons. The third kappa shape index (κ3) is 1.74. The molecule has 0 aromatic carbocycles. The Morgan fingerprint density at radius 2 is 2.27 bits per heavy atom. The van der Waals surface area contributed by atoms with Crippen molar-refractivity contribution in [1.82, 2.24) is 5.32 Å². The molecule has 0 aromatic heterocycles. The quantitative estimate of drug-likeness (QED) is 0.620. The maximum absolute atomic E-state index is 12.9. The Hall–Kier alpha value is -0.510. The zero-order valence-corrected chi connectivity index (χ0v) is 6.36. The fraction of sp³-hybridized carbons (Fsp3) is 0.857. The molecule has 1 aliphatic rings. The predicted molar refractivity (Wildman–Crippen MR) is 36.6 cm³/mol. The Morgan fingerprint density at radius 3 is 2.64 bits per heavy atom. The molecule has 1 saturated heterocycles. The maximum atomic E-state index is 12.9. The lowest BCUT2D eigenvalue weighted by Gasteiger charge is -2.29. The van der Waals surface area contributed by atoms with E-state index in [9.17, 15) is 13.6 Å². The monoisotopic (exact) mass is 163 g/mol. The van der Waals surface area contributed by atoms with Crippen LogP contribution in [0.15, 0.2) is 0 Å². The van der Waals surface area contributed by atoms with Gasteiger partial charge in [-0.15, -0.1) is 0 Å². The van der Waals surface area contributed by atoms with Crippen LogP contribution in [0.25, 0.3) is 0 Å². The van der Waals surface area contributed by atoms with Gasteiger partial charge in [0.1, 0.15) is 5.78 Å². The zero-order valence-electron chi connectivity index (χ0n) is 6.36. The minimum absolute atomic E-state index is 0.113. The topological polar surface area (TPSA) is 29.1 Å². The molecule has 0 aromatic rings. The molecule has 1 fully saturated rings. The first-order chi connectivity index (χ1) is 5.04. The molecule has 0 aliphatic carbocycles. The lowest BCUT2D eigenvalue weighted by molar-refractivity contribution is -0.138. The summed E-state index contributed by atoms with van der Waals surface area (Å²) in [5, 5.41) is 2.77. The van der Waals surface area contributed by atoms with E-state index in [4.69, 9.17) is 0 Å². The van der Waals surface area contributed by atoms with Crippen LogP contribution in [0.3, 0.4) is 0 Å². The van der Waals surface area contributed by atoms with Crippen LogP contribution in [0.1, 0.15) is 13.3 Å². The minimum atomic E-state index is -2.79. The highest BCUT2D eigenvalue weighted by Gasteiger charge is 2.43. The van der Waals surface area contributed by atoms with Gasteiger partial charge in [-0.3, -0.25) is 4.79 Å². The third-order valence-corrected chi connectivity index (χ3v) is 1.98. The fourth-order valence-corrected chi connectivity index (χ4v) is 1.27. The molecule has 2 nitrogen and oxygen atoms in total. The summed E-state index contributed by atoms with van der Waals surface area (Å²) in [7, 11) is 0. The summed E-state index contributed by atoms with van der Waals surface area (Å²) in [4.78, 5) is 10.7. The van der Waals surface area contributed by atoms with Gasteiger partial charge in [-0.05, 0) is 6.92 Å². The first-order valence-corrected chi connectivity index (χ1v) is 3.63. The Labute approximate surface area is 64.0 Å². The van der Waals surface area contributed by atoms with Gasteiger partial charge >= 0.3 is 0 Å².